The van der Waals surface area contributed by atoms with E-state index in [1.807, 2.05) is 13.0 Å². The first-order valence-corrected chi connectivity index (χ1v) is 12.9. The van der Waals surface area contributed by atoms with Crippen molar-refractivity contribution in [1.29, 1.82) is 5.26 Å². The van der Waals surface area contributed by atoms with Gasteiger partial charge in [-0.2, -0.15) is 5.26 Å². The molecule has 170 valence electrons. The van der Waals surface area contributed by atoms with Gasteiger partial charge < -0.3 is 4.90 Å². The zero-order valence-corrected chi connectivity index (χ0v) is 20.5. The summed E-state index contributed by atoms with van der Waals surface area (Å²) in [5.41, 5.74) is 1.40. The topological polar surface area (TPSA) is 69.3 Å². The summed E-state index contributed by atoms with van der Waals surface area (Å²) in [6.45, 7) is 6.24. The second-order valence-corrected chi connectivity index (χ2v) is 10.5. The minimum Gasteiger partial charge on any atom is -0.357 e. The fraction of sp³-hybridized carbons (Fsp3) is 0.583. The van der Waals surface area contributed by atoms with E-state index < -0.39 is 0 Å². The van der Waals surface area contributed by atoms with E-state index in [0.717, 1.165) is 75.8 Å². The van der Waals surface area contributed by atoms with Gasteiger partial charge in [-0.05, 0) is 50.7 Å². The highest BCUT2D eigenvalue weighted by Crippen LogP contribution is 2.39. The van der Waals surface area contributed by atoms with Crippen molar-refractivity contribution in [3.63, 3.8) is 0 Å². The number of thiocarbonyl (C=S) groups is 1. The number of unbranched alkanes of at least 4 members (excludes halogenated alkanes) is 1. The molecule has 0 spiro atoms. The second kappa shape index (κ2) is 9.80. The highest BCUT2D eigenvalue weighted by Gasteiger charge is 2.38. The number of carbonyl (C=O) groups is 1. The molecule has 3 aliphatic rings. The van der Waals surface area contributed by atoms with Gasteiger partial charge >= 0.3 is 0 Å². The van der Waals surface area contributed by atoms with Crippen molar-refractivity contribution in [3.8, 4) is 6.07 Å². The minimum absolute atomic E-state index is 0.0384. The number of hydrogen-bond acceptors (Lipinski definition) is 6. The van der Waals surface area contributed by atoms with Crippen LogP contribution < -0.4 is 10.5 Å². The third-order valence-electron chi connectivity index (χ3n) is 6.78. The molecule has 0 atom stereocenters. The van der Waals surface area contributed by atoms with E-state index in [4.69, 9.17) is 12.2 Å². The van der Waals surface area contributed by atoms with E-state index in [2.05, 4.69) is 17.9 Å². The largest absolute Gasteiger partial charge is 0.357 e. The van der Waals surface area contributed by atoms with Gasteiger partial charge in [0.2, 0.25) is 0 Å². The molecule has 8 heteroatoms. The summed E-state index contributed by atoms with van der Waals surface area (Å²) in [4.78, 5) is 31.2. The Morgan fingerprint density at radius 2 is 1.88 bits per heavy atom. The van der Waals surface area contributed by atoms with Crippen molar-refractivity contribution >= 4 is 46.1 Å². The summed E-state index contributed by atoms with van der Waals surface area (Å²) in [5.74, 6) is 0.812. The van der Waals surface area contributed by atoms with Crippen LogP contribution in [0.1, 0.15) is 75.0 Å². The van der Waals surface area contributed by atoms with Crippen molar-refractivity contribution in [2.45, 2.75) is 77.8 Å². The van der Waals surface area contributed by atoms with E-state index in [0.29, 0.717) is 21.3 Å². The van der Waals surface area contributed by atoms with Crippen molar-refractivity contribution in [2.75, 3.05) is 18.0 Å². The molecule has 0 radical (unpaired) electrons. The van der Waals surface area contributed by atoms with Crippen LogP contribution in [0.5, 0.6) is 0 Å². The van der Waals surface area contributed by atoms with Crippen molar-refractivity contribution in [3.05, 3.63) is 31.9 Å². The van der Waals surface area contributed by atoms with Crippen LogP contribution in [0.25, 0.3) is 6.08 Å². The van der Waals surface area contributed by atoms with E-state index in [9.17, 15) is 14.9 Å². The van der Waals surface area contributed by atoms with Crippen LogP contribution in [-0.4, -0.2) is 38.8 Å². The van der Waals surface area contributed by atoms with Gasteiger partial charge in [0.25, 0.3) is 11.5 Å². The first-order valence-electron chi connectivity index (χ1n) is 11.7. The number of thioether (sulfide) groups is 1. The van der Waals surface area contributed by atoms with Crippen molar-refractivity contribution in [1.82, 2.24) is 9.47 Å². The molecule has 4 rings (SSSR count). The van der Waals surface area contributed by atoms with Gasteiger partial charge in [-0.1, -0.05) is 50.2 Å². The average Bonchev–Trinajstić information content (AvgIpc) is 3.52. The van der Waals surface area contributed by atoms with Crippen molar-refractivity contribution in [2.24, 2.45) is 0 Å². The molecule has 2 aliphatic heterocycles. The van der Waals surface area contributed by atoms with Crippen LogP contribution >= 0.6 is 24.0 Å². The maximum Gasteiger partial charge on any atom is 0.270 e. The number of rotatable bonds is 6. The molecule has 0 bridgehead atoms. The predicted molar refractivity (Wildman–Crippen MR) is 134 cm³/mol. The lowest BCUT2D eigenvalue weighted by Crippen LogP contribution is -2.36. The maximum absolute atomic E-state index is 13.3. The number of amides is 1. The summed E-state index contributed by atoms with van der Waals surface area (Å²) in [6.07, 6.45) is 10.1. The Bertz CT molecular complexity index is 1060. The first kappa shape index (κ1) is 23.1. The zero-order valence-electron chi connectivity index (χ0n) is 18.9. The highest BCUT2D eigenvalue weighted by atomic mass is 32.2. The lowest BCUT2D eigenvalue weighted by molar-refractivity contribution is -0.123. The maximum atomic E-state index is 13.3. The summed E-state index contributed by atoms with van der Waals surface area (Å²) < 4.78 is 2.39. The van der Waals surface area contributed by atoms with Crippen LogP contribution in [0.4, 0.5) is 5.82 Å². The summed E-state index contributed by atoms with van der Waals surface area (Å²) in [7, 11) is 0. The molecule has 6 nitrogen and oxygen atoms in total. The Balaban J connectivity index is 1.85. The quantitative estimate of drug-likeness (QED) is 0.448. The molecule has 0 N–H and O–H groups in total. The van der Waals surface area contributed by atoms with Crippen LogP contribution in [-0.2, 0) is 11.3 Å². The summed E-state index contributed by atoms with van der Waals surface area (Å²) >= 11 is 6.93. The average molecular weight is 471 g/mol. The van der Waals surface area contributed by atoms with E-state index in [1.54, 1.807) is 9.47 Å². The Labute approximate surface area is 199 Å². The zero-order chi connectivity index (χ0) is 22.8. The fourth-order valence-corrected chi connectivity index (χ4v) is 6.41. The Kier molecular flexibility index (Phi) is 7.06. The number of nitriles is 1. The number of hydrogen-bond donors (Lipinski definition) is 0. The molecule has 3 heterocycles. The lowest BCUT2D eigenvalue weighted by Gasteiger charge is -2.27. The normalized spacial score (nSPS) is 20.7. The van der Waals surface area contributed by atoms with E-state index >= 15 is 0 Å². The third kappa shape index (κ3) is 4.13. The lowest BCUT2D eigenvalue weighted by atomic mass is 10.0. The monoisotopic (exact) mass is 470 g/mol. The molecule has 3 fully saturated rings. The van der Waals surface area contributed by atoms with Crippen molar-refractivity contribution < 1.29 is 4.79 Å². The summed E-state index contributed by atoms with van der Waals surface area (Å²) in [5, 5.41) is 9.77. The first-order chi connectivity index (χ1) is 15.5. The predicted octanol–water partition coefficient (Wildman–Crippen LogP) is 4.57. The number of aromatic nitrogens is 1. The second-order valence-electron chi connectivity index (χ2n) is 8.84. The van der Waals surface area contributed by atoms with Gasteiger partial charge in [0, 0.05) is 31.2 Å². The third-order valence-corrected chi connectivity index (χ3v) is 8.11. The number of nitrogens with zero attached hydrogens (tertiary/aromatic N) is 4. The summed E-state index contributed by atoms with van der Waals surface area (Å²) in [6, 6.07) is 2.32. The highest BCUT2D eigenvalue weighted by molar-refractivity contribution is 8.26. The molecular formula is C24H30N4O2S2. The van der Waals surface area contributed by atoms with E-state index in [-0.39, 0.29) is 23.1 Å². The van der Waals surface area contributed by atoms with Gasteiger partial charge in [-0.25, -0.2) is 0 Å². The van der Waals surface area contributed by atoms with Gasteiger partial charge in [-0.3, -0.25) is 19.1 Å². The van der Waals surface area contributed by atoms with Gasteiger partial charge in [-0.15, -0.1) is 0 Å². The van der Waals surface area contributed by atoms with Gasteiger partial charge in [0.05, 0.1) is 4.91 Å². The molecule has 2 saturated heterocycles. The molecule has 1 amide bonds. The van der Waals surface area contributed by atoms with Gasteiger partial charge in [0.15, 0.2) is 0 Å². The Hall–Kier alpha value is -2.11. The number of carbonyl (C=O) groups excluding carboxylic acids is 1. The van der Waals surface area contributed by atoms with E-state index in [1.165, 1.54) is 11.8 Å². The molecule has 1 aromatic rings. The van der Waals surface area contributed by atoms with Gasteiger partial charge in [0.1, 0.15) is 21.8 Å². The Morgan fingerprint density at radius 1 is 1.19 bits per heavy atom. The van der Waals surface area contributed by atoms with Crippen LogP contribution in [0, 0.1) is 18.3 Å². The number of anilines is 1. The molecular weight excluding hydrogens is 440 g/mol. The minimum atomic E-state index is -0.226. The van der Waals surface area contributed by atoms with Crippen LogP contribution in [0.15, 0.2) is 9.70 Å². The van der Waals surface area contributed by atoms with Crippen LogP contribution in [0.3, 0.4) is 0 Å². The molecule has 32 heavy (non-hydrogen) atoms. The molecule has 1 saturated carbocycles. The molecule has 0 unspecified atom stereocenters. The Morgan fingerprint density at radius 3 is 2.50 bits per heavy atom. The smallest absolute Gasteiger partial charge is 0.270 e. The molecule has 1 aromatic heterocycles. The standard InChI is InChI=1S/C24H30N4O2S2/c1-3-4-13-27-21(26-11-7-8-12-26)18(16(2)19(15-25)22(27)29)14-20-23(30)28(24(31)32-20)17-9-5-6-10-17/h14,17H,3-13H2,1-2H3. The SMILES string of the molecule is CCCCn1c(N2CCCC2)c(C=C2SC(=S)N(C3CCCC3)C2=O)c(C)c(C#N)c1=O. The van der Waals surface area contributed by atoms with Crippen LogP contribution in [0.2, 0.25) is 0 Å². The fourth-order valence-electron chi connectivity index (χ4n) is 5.03. The molecule has 1 aliphatic carbocycles. The molecule has 0 aromatic carbocycles. The number of pyridine rings is 1.